The minimum atomic E-state index is -0.712. The Hall–Kier alpha value is -0.610. The van der Waals surface area contributed by atoms with Gasteiger partial charge in [-0.3, -0.25) is 4.79 Å². The van der Waals surface area contributed by atoms with Crippen LogP contribution in [0.4, 0.5) is 0 Å². The van der Waals surface area contributed by atoms with Gasteiger partial charge in [0.1, 0.15) is 0 Å². The van der Waals surface area contributed by atoms with Gasteiger partial charge in [0, 0.05) is 19.2 Å². The molecule has 12 heavy (non-hydrogen) atoms. The molecule has 0 radical (unpaired) electrons. The van der Waals surface area contributed by atoms with Crippen molar-refractivity contribution in [2.75, 3.05) is 13.2 Å². The number of rotatable bonds is 1. The second-order valence-electron chi connectivity index (χ2n) is 3.48. The van der Waals surface area contributed by atoms with Gasteiger partial charge in [0.25, 0.3) is 0 Å². The Bertz CT molecular complexity index is 195. The molecule has 0 spiro atoms. The van der Waals surface area contributed by atoms with Crippen LogP contribution in [0, 0.1) is 5.92 Å². The number of carboxylic acid groups (broad SMARTS) is 1. The third-order valence-electron chi connectivity index (χ3n) is 2.70. The second-order valence-corrected chi connectivity index (χ2v) is 3.48. The van der Waals surface area contributed by atoms with Crippen molar-refractivity contribution in [3.05, 3.63) is 0 Å². The quantitative estimate of drug-likeness (QED) is 0.575. The molecule has 2 aliphatic rings. The van der Waals surface area contributed by atoms with Crippen LogP contribution in [0.3, 0.4) is 0 Å². The highest BCUT2D eigenvalue weighted by atomic mass is 16.5. The van der Waals surface area contributed by atoms with Crippen molar-refractivity contribution in [3.63, 3.8) is 0 Å². The molecule has 4 nitrogen and oxygen atoms in total. The van der Waals surface area contributed by atoms with Crippen LogP contribution in [0.1, 0.15) is 12.8 Å². The molecule has 0 saturated carbocycles. The molecule has 0 bridgehead atoms. The summed E-state index contributed by atoms with van der Waals surface area (Å²) in [5.74, 6) is -0.971. The molecule has 2 saturated heterocycles. The van der Waals surface area contributed by atoms with Crippen molar-refractivity contribution >= 4 is 5.97 Å². The van der Waals surface area contributed by atoms with E-state index in [-0.39, 0.29) is 12.0 Å². The van der Waals surface area contributed by atoms with Crippen molar-refractivity contribution < 1.29 is 14.6 Å². The summed E-state index contributed by atoms with van der Waals surface area (Å²) in [5, 5.41) is 12.0. The fourth-order valence-corrected chi connectivity index (χ4v) is 1.96. The molecule has 4 heteroatoms. The molecular weight excluding hydrogens is 158 g/mol. The Kier molecular flexibility index (Phi) is 2.02. The van der Waals surface area contributed by atoms with E-state index in [0.29, 0.717) is 19.0 Å². The first-order valence-electron chi connectivity index (χ1n) is 4.35. The number of fused-ring (bicyclic) bond motifs is 1. The molecule has 2 heterocycles. The van der Waals surface area contributed by atoms with E-state index in [2.05, 4.69) is 5.32 Å². The van der Waals surface area contributed by atoms with Crippen LogP contribution < -0.4 is 5.32 Å². The van der Waals surface area contributed by atoms with Crippen LogP contribution in [0.15, 0.2) is 0 Å². The molecule has 3 atom stereocenters. The summed E-state index contributed by atoms with van der Waals surface area (Å²) in [6.07, 6.45) is 1.84. The van der Waals surface area contributed by atoms with Crippen molar-refractivity contribution in [3.8, 4) is 0 Å². The molecule has 0 aromatic carbocycles. The average Bonchev–Trinajstić information content (AvgIpc) is 2.49. The molecule has 2 N–H and O–H groups in total. The Morgan fingerprint density at radius 2 is 2.42 bits per heavy atom. The van der Waals surface area contributed by atoms with Gasteiger partial charge in [0.15, 0.2) is 0 Å². The van der Waals surface area contributed by atoms with Crippen molar-refractivity contribution in [2.45, 2.75) is 25.0 Å². The molecule has 0 aromatic heterocycles. The number of carboxylic acids is 1. The van der Waals surface area contributed by atoms with Crippen LogP contribution in [-0.4, -0.2) is 36.4 Å². The molecule has 2 rings (SSSR count). The first-order valence-corrected chi connectivity index (χ1v) is 4.35. The maximum atomic E-state index is 10.6. The number of hydrogen-bond donors (Lipinski definition) is 2. The summed E-state index contributed by atoms with van der Waals surface area (Å²) in [4.78, 5) is 10.6. The average molecular weight is 171 g/mol. The molecule has 0 aromatic rings. The Morgan fingerprint density at radius 1 is 1.58 bits per heavy atom. The number of nitrogens with one attached hydrogen (secondary N) is 1. The zero-order chi connectivity index (χ0) is 8.55. The summed E-state index contributed by atoms with van der Waals surface area (Å²) < 4.78 is 5.41. The Balaban J connectivity index is 1.96. The number of hydrogen-bond acceptors (Lipinski definition) is 3. The normalized spacial score (nSPS) is 40.8. The van der Waals surface area contributed by atoms with E-state index in [4.69, 9.17) is 9.84 Å². The molecule has 0 aliphatic carbocycles. The zero-order valence-electron chi connectivity index (χ0n) is 6.82. The first-order chi connectivity index (χ1) is 5.77. The van der Waals surface area contributed by atoms with Crippen LogP contribution in [0.25, 0.3) is 0 Å². The van der Waals surface area contributed by atoms with Gasteiger partial charge in [0.05, 0.1) is 12.0 Å². The molecule has 68 valence electrons. The van der Waals surface area contributed by atoms with Gasteiger partial charge in [0.2, 0.25) is 0 Å². The molecule has 2 fully saturated rings. The van der Waals surface area contributed by atoms with E-state index < -0.39 is 5.97 Å². The van der Waals surface area contributed by atoms with Crippen LogP contribution >= 0.6 is 0 Å². The van der Waals surface area contributed by atoms with Crippen molar-refractivity contribution in [1.82, 2.24) is 5.32 Å². The summed E-state index contributed by atoms with van der Waals surface area (Å²) in [7, 11) is 0. The molecule has 3 unspecified atom stereocenters. The minimum absolute atomic E-state index is 0.139. The van der Waals surface area contributed by atoms with Crippen LogP contribution in [0.2, 0.25) is 0 Å². The van der Waals surface area contributed by atoms with Gasteiger partial charge in [-0.2, -0.15) is 0 Å². The van der Waals surface area contributed by atoms with E-state index >= 15 is 0 Å². The number of carbonyl (C=O) groups is 1. The van der Waals surface area contributed by atoms with Gasteiger partial charge in [-0.25, -0.2) is 0 Å². The predicted octanol–water partition coefficient (Wildman–Crippen LogP) is -0.162. The minimum Gasteiger partial charge on any atom is -0.481 e. The van der Waals surface area contributed by atoms with Crippen molar-refractivity contribution in [1.29, 1.82) is 0 Å². The monoisotopic (exact) mass is 171 g/mol. The van der Waals surface area contributed by atoms with Crippen LogP contribution in [-0.2, 0) is 9.53 Å². The van der Waals surface area contributed by atoms with Gasteiger partial charge in [-0.05, 0) is 12.8 Å². The smallest absolute Gasteiger partial charge is 0.307 e. The SMILES string of the molecule is O=C(O)C1CNC2CCOC2C1. The van der Waals surface area contributed by atoms with E-state index in [1.54, 1.807) is 0 Å². The third kappa shape index (κ3) is 1.32. The largest absolute Gasteiger partial charge is 0.481 e. The van der Waals surface area contributed by atoms with Crippen molar-refractivity contribution in [2.24, 2.45) is 5.92 Å². The van der Waals surface area contributed by atoms with Gasteiger partial charge in [-0.15, -0.1) is 0 Å². The Morgan fingerprint density at radius 3 is 3.17 bits per heavy atom. The summed E-state index contributed by atoms with van der Waals surface area (Å²) >= 11 is 0. The third-order valence-corrected chi connectivity index (χ3v) is 2.70. The highest BCUT2D eigenvalue weighted by Gasteiger charge is 2.36. The fourth-order valence-electron chi connectivity index (χ4n) is 1.96. The fraction of sp³-hybridized carbons (Fsp3) is 0.875. The highest BCUT2D eigenvalue weighted by Crippen LogP contribution is 2.24. The lowest BCUT2D eigenvalue weighted by Crippen LogP contribution is -2.48. The molecule has 0 amide bonds. The van der Waals surface area contributed by atoms with Gasteiger partial charge < -0.3 is 15.2 Å². The van der Waals surface area contributed by atoms with Crippen LogP contribution in [0.5, 0.6) is 0 Å². The number of piperidine rings is 1. The number of ether oxygens (including phenoxy) is 1. The lowest BCUT2D eigenvalue weighted by molar-refractivity contribution is -0.143. The summed E-state index contributed by atoms with van der Waals surface area (Å²) in [6, 6.07) is 0.403. The van der Waals surface area contributed by atoms with Gasteiger partial charge in [-0.1, -0.05) is 0 Å². The molecular formula is C8H13NO3. The molecule has 2 aliphatic heterocycles. The topological polar surface area (TPSA) is 58.6 Å². The summed E-state index contributed by atoms with van der Waals surface area (Å²) in [5.41, 5.74) is 0. The highest BCUT2D eigenvalue weighted by molar-refractivity contribution is 5.70. The lowest BCUT2D eigenvalue weighted by atomic mass is 9.92. The first kappa shape index (κ1) is 8.01. The van der Waals surface area contributed by atoms with Gasteiger partial charge >= 0.3 is 5.97 Å². The predicted molar refractivity (Wildman–Crippen MR) is 41.9 cm³/mol. The van der Waals surface area contributed by atoms with E-state index in [9.17, 15) is 4.79 Å². The number of aliphatic carboxylic acids is 1. The zero-order valence-corrected chi connectivity index (χ0v) is 6.82. The maximum Gasteiger partial charge on any atom is 0.307 e. The van der Waals surface area contributed by atoms with E-state index in [0.717, 1.165) is 13.0 Å². The van der Waals surface area contributed by atoms with E-state index in [1.807, 2.05) is 0 Å². The lowest BCUT2D eigenvalue weighted by Gasteiger charge is -2.29. The maximum absolute atomic E-state index is 10.6. The van der Waals surface area contributed by atoms with E-state index in [1.165, 1.54) is 0 Å². The summed E-state index contributed by atoms with van der Waals surface area (Å²) in [6.45, 7) is 1.37. The standard InChI is InChI=1S/C8H13NO3/c10-8(11)5-3-7-6(9-4-5)1-2-12-7/h5-7,9H,1-4H2,(H,10,11). The Labute approximate surface area is 70.9 Å². The second kappa shape index (κ2) is 3.03.